The van der Waals surface area contributed by atoms with E-state index in [4.69, 9.17) is 10.5 Å². The van der Waals surface area contributed by atoms with Crippen LogP contribution in [0.5, 0.6) is 5.75 Å². The number of hydrogen-bond acceptors (Lipinski definition) is 3. The summed E-state index contributed by atoms with van der Waals surface area (Å²) in [5.74, 6) is 0.760. The summed E-state index contributed by atoms with van der Waals surface area (Å²) >= 11 is 0. The number of nitrogens with two attached hydrogens (primary N) is 1. The molecule has 1 aromatic heterocycles. The number of aromatic amines is 1. The molecule has 0 aliphatic rings. The van der Waals surface area contributed by atoms with Gasteiger partial charge in [0.2, 0.25) is 0 Å². The van der Waals surface area contributed by atoms with E-state index in [9.17, 15) is 4.79 Å². The number of methoxy groups -OCH3 is 1. The van der Waals surface area contributed by atoms with Gasteiger partial charge in [0.15, 0.2) is 0 Å². The zero-order chi connectivity index (χ0) is 13.1. The zero-order valence-corrected chi connectivity index (χ0v) is 10.6. The predicted octanol–water partition coefficient (Wildman–Crippen LogP) is 0.890. The van der Waals surface area contributed by atoms with Gasteiger partial charge in [-0.25, -0.2) is 0 Å². The van der Waals surface area contributed by atoms with Crippen LogP contribution in [0.1, 0.15) is 5.56 Å². The van der Waals surface area contributed by atoms with E-state index in [0.29, 0.717) is 18.5 Å². The first kappa shape index (κ1) is 12.4. The summed E-state index contributed by atoms with van der Waals surface area (Å²) in [6.45, 7) is 0.448. The highest BCUT2D eigenvalue weighted by Crippen LogP contribution is 2.23. The molecule has 0 spiro atoms. The van der Waals surface area contributed by atoms with E-state index in [1.165, 1.54) is 4.68 Å². The number of aryl methyl sites for hydroxylation is 1. The molecule has 0 saturated carbocycles. The van der Waals surface area contributed by atoms with Gasteiger partial charge in [-0.2, -0.15) is 0 Å². The number of nitrogens with zero attached hydrogens (tertiary/aromatic N) is 1. The Morgan fingerprint density at radius 1 is 1.44 bits per heavy atom. The van der Waals surface area contributed by atoms with Crippen LogP contribution >= 0.6 is 0 Å². The molecule has 0 fully saturated rings. The normalized spacial score (nSPS) is 10.6. The van der Waals surface area contributed by atoms with Crippen LogP contribution in [0, 0.1) is 0 Å². The Labute approximate surface area is 105 Å². The van der Waals surface area contributed by atoms with Crippen molar-refractivity contribution in [1.82, 2.24) is 9.78 Å². The Morgan fingerprint density at radius 3 is 2.89 bits per heavy atom. The fourth-order valence-corrected chi connectivity index (χ4v) is 1.99. The monoisotopic (exact) mass is 247 g/mol. The average molecular weight is 247 g/mol. The molecule has 5 nitrogen and oxygen atoms in total. The first-order valence-corrected chi connectivity index (χ1v) is 5.79. The average Bonchev–Trinajstić information content (AvgIpc) is 2.68. The summed E-state index contributed by atoms with van der Waals surface area (Å²) in [4.78, 5) is 12.0. The van der Waals surface area contributed by atoms with Crippen molar-refractivity contribution in [3.8, 4) is 17.0 Å². The van der Waals surface area contributed by atoms with Crippen LogP contribution in [0.4, 0.5) is 0 Å². The van der Waals surface area contributed by atoms with Crippen molar-refractivity contribution in [2.75, 3.05) is 13.7 Å². The number of H-pyrrole nitrogens is 1. The maximum absolute atomic E-state index is 12.0. The first-order chi connectivity index (χ1) is 8.67. The van der Waals surface area contributed by atoms with E-state index in [1.807, 2.05) is 24.3 Å². The van der Waals surface area contributed by atoms with Crippen LogP contribution in [0.25, 0.3) is 11.3 Å². The van der Waals surface area contributed by atoms with Crippen LogP contribution in [0.2, 0.25) is 0 Å². The van der Waals surface area contributed by atoms with Crippen LogP contribution in [0.3, 0.4) is 0 Å². The van der Waals surface area contributed by atoms with Gasteiger partial charge in [0, 0.05) is 18.2 Å². The van der Waals surface area contributed by atoms with Gasteiger partial charge >= 0.3 is 0 Å². The number of benzene rings is 1. The highest BCUT2D eigenvalue weighted by atomic mass is 16.5. The lowest BCUT2D eigenvalue weighted by Crippen LogP contribution is -2.17. The number of rotatable bonds is 4. The minimum Gasteiger partial charge on any atom is -0.497 e. The molecular weight excluding hydrogens is 230 g/mol. The van der Waals surface area contributed by atoms with Gasteiger partial charge in [-0.05, 0) is 25.1 Å². The van der Waals surface area contributed by atoms with Crippen molar-refractivity contribution in [1.29, 1.82) is 0 Å². The first-order valence-electron chi connectivity index (χ1n) is 5.79. The van der Waals surface area contributed by atoms with E-state index in [1.54, 1.807) is 14.2 Å². The fourth-order valence-electron chi connectivity index (χ4n) is 1.99. The van der Waals surface area contributed by atoms with E-state index < -0.39 is 0 Å². The largest absolute Gasteiger partial charge is 0.497 e. The van der Waals surface area contributed by atoms with Crippen molar-refractivity contribution in [3.05, 3.63) is 40.2 Å². The lowest BCUT2D eigenvalue weighted by atomic mass is 10.1. The molecule has 2 aromatic rings. The van der Waals surface area contributed by atoms with Gasteiger partial charge in [0.25, 0.3) is 5.56 Å². The van der Waals surface area contributed by atoms with Gasteiger partial charge in [-0.15, -0.1) is 0 Å². The molecule has 1 aromatic carbocycles. The van der Waals surface area contributed by atoms with E-state index >= 15 is 0 Å². The quantitative estimate of drug-likeness (QED) is 0.842. The summed E-state index contributed by atoms with van der Waals surface area (Å²) in [6.07, 6.45) is 0.558. The van der Waals surface area contributed by atoms with Crippen LogP contribution in [-0.4, -0.2) is 23.4 Å². The minimum absolute atomic E-state index is 0.0294. The molecule has 0 aliphatic carbocycles. The molecule has 2 rings (SSSR count). The third kappa shape index (κ3) is 2.17. The molecule has 0 radical (unpaired) electrons. The van der Waals surface area contributed by atoms with Crippen molar-refractivity contribution < 1.29 is 4.74 Å². The summed E-state index contributed by atoms with van der Waals surface area (Å²) in [6, 6.07) is 7.60. The van der Waals surface area contributed by atoms with Gasteiger partial charge in [-0.1, -0.05) is 12.1 Å². The number of ether oxygens (including phenoxy) is 1. The highest BCUT2D eigenvalue weighted by Gasteiger charge is 2.13. The zero-order valence-electron chi connectivity index (χ0n) is 10.6. The number of nitrogens with one attached hydrogen (secondary N) is 1. The van der Waals surface area contributed by atoms with Crippen molar-refractivity contribution in [2.45, 2.75) is 6.42 Å². The van der Waals surface area contributed by atoms with E-state index in [0.717, 1.165) is 17.0 Å². The van der Waals surface area contributed by atoms with Gasteiger partial charge in [0.1, 0.15) is 5.75 Å². The molecule has 3 N–H and O–H groups in total. The van der Waals surface area contributed by atoms with Crippen molar-refractivity contribution in [3.63, 3.8) is 0 Å². The Morgan fingerprint density at radius 2 is 2.22 bits per heavy atom. The SMILES string of the molecule is COc1cccc(-c2[nH]n(C)c(=O)c2CCN)c1. The summed E-state index contributed by atoms with van der Waals surface area (Å²) in [7, 11) is 3.32. The molecular formula is C13H17N3O2. The lowest BCUT2D eigenvalue weighted by Gasteiger charge is -2.04. The molecule has 0 aliphatic heterocycles. The minimum atomic E-state index is -0.0294. The van der Waals surface area contributed by atoms with Crippen LogP contribution < -0.4 is 16.0 Å². The third-order valence-electron chi connectivity index (χ3n) is 2.90. The fraction of sp³-hybridized carbons (Fsp3) is 0.308. The number of aromatic nitrogens is 2. The second-order valence-electron chi connectivity index (χ2n) is 4.10. The summed E-state index contributed by atoms with van der Waals surface area (Å²) in [5, 5.41) is 3.06. The molecule has 96 valence electrons. The second kappa shape index (κ2) is 5.10. The topological polar surface area (TPSA) is 73.0 Å². The molecule has 1 heterocycles. The maximum Gasteiger partial charge on any atom is 0.270 e. The van der Waals surface area contributed by atoms with Crippen LogP contribution in [-0.2, 0) is 13.5 Å². The standard InChI is InChI=1S/C13H17N3O2/c1-16-13(17)11(6-7-14)12(15-16)9-4-3-5-10(8-9)18-2/h3-5,8,15H,6-7,14H2,1-2H3. The molecule has 0 atom stereocenters. The second-order valence-corrected chi connectivity index (χ2v) is 4.10. The Balaban J connectivity index is 2.55. The van der Waals surface area contributed by atoms with Crippen molar-refractivity contribution >= 4 is 0 Å². The van der Waals surface area contributed by atoms with Gasteiger partial charge in [0.05, 0.1) is 12.8 Å². The molecule has 0 unspecified atom stereocenters. The Kier molecular flexibility index (Phi) is 3.53. The smallest absolute Gasteiger partial charge is 0.270 e. The maximum atomic E-state index is 12.0. The molecule has 5 heteroatoms. The molecule has 0 amide bonds. The molecule has 18 heavy (non-hydrogen) atoms. The van der Waals surface area contributed by atoms with Gasteiger partial charge < -0.3 is 10.5 Å². The molecule has 0 bridgehead atoms. The Bertz CT molecular complexity index is 599. The lowest BCUT2D eigenvalue weighted by molar-refractivity contribution is 0.415. The predicted molar refractivity (Wildman–Crippen MR) is 70.8 cm³/mol. The van der Waals surface area contributed by atoms with Crippen molar-refractivity contribution in [2.24, 2.45) is 12.8 Å². The van der Waals surface area contributed by atoms with Crippen LogP contribution in [0.15, 0.2) is 29.1 Å². The van der Waals surface area contributed by atoms with Gasteiger partial charge in [-0.3, -0.25) is 14.6 Å². The number of hydrogen-bond donors (Lipinski definition) is 2. The molecule has 0 saturated heterocycles. The summed E-state index contributed by atoms with van der Waals surface area (Å²) in [5.41, 5.74) is 7.98. The highest BCUT2D eigenvalue weighted by molar-refractivity contribution is 5.64. The van der Waals surface area contributed by atoms with E-state index in [-0.39, 0.29) is 5.56 Å². The summed E-state index contributed by atoms with van der Waals surface area (Å²) < 4.78 is 6.66. The van der Waals surface area contributed by atoms with E-state index in [2.05, 4.69) is 5.10 Å². The third-order valence-corrected chi connectivity index (χ3v) is 2.90. The Hall–Kier alpha value is -2.01.